The summed E-state index contributed by atoms with van der Waals surface area (Å²) in [5.41, 5.74) is 5.02. The summed E-state index contributed by atoms with van der Waals surface area (Å²) in [7, 11) is 0. The summed E-state index contributed by atoms with van der Waals surface area (Å²) in [4.78, 5) is 13.0. The molecule has 5 heteroatoms. The monoisotopic (exact) mass is 238 g/mol. The predicted molar refractivity (Wildman–Crippen MR) is 66.8 cm³/mol. The van der Waals surface area contributed by atoms with Gasteiger partial charge in [0.05, 0.1) is 6.04 Å². The molecule has 2 rings (SSSR count). The molecule has 0 saturated heterocycles. The maximum atomic E-state index is 9.56. The second-order valence-electron chi connectivity index (χ2n) is 3.25. The van der Waals surface area contributed by atoms with Crippen LogP contribution in [0.5, 0.6) is 5.75 Å². The third-order valence-electron chi connectivity index (χ3n) is 1.93. The first kappa shape index (κ1) is 12.6. The Morgan fingerprint density at radius 2 is 2.19 bits per heavy atom. The SMILES string of the molecule is CC1CSC(c2ccccc2O)=N1.NC=O. The summed E-state index contributed by atoms with van der Waals surface area (Å²) in [6.07, 6.45) is 0.250. The minimum atomic E-state index is 0.250. The van der Waals surface area contributed by atoms with E-state index >= 15 is 0 Å². The topological polar surface area (TPSA) is 75.7 Å². The normalized spacial score (nSPS) is 18.3. The van der Waals surface area contributed by atoms with Gasteiger partial charge in [-0.05, 0) is 19.1 Å². The molecular weight excluding hydrogens is 224 g/mol. The molecule has 0 aromatic heterocycles. The molecule has 0 saturated carbocycles. The van der Waals surface area contributed by atoms with Gasteiger partial charge in [0.15, 0.2) is 0 Å². The molecule has 0 spiro atoms. The molecule has 1 unspecified atom stereocenters. The summed E-state index contributed by atoms with van der Waals surface area (Å²) >= 11 is 1.71. The van der Waals surface area contributed by atoms with Gasteiger partial charge >= 0.3 is 0 Å². The van der Waals surface area contributed by atoms with Crippen LogP contribution in [0.2, 0.25) is 0 Å². The third-order valence-corrected chi connectivity index (χ3v) is 3.18. The van der Waals surface area contributed by atoms with Crippen LogP contribution < -0.4 is 5.73 Å². The van der Waals surface area contributed by atoms with Gasteiger partial charge in [-0.3, -0.25) is 9.79 Å². The van der Waals surface area contributed by atoms with Gasteiger partial charge in [0, 0.05) is 11.3 Å². The van der Waals surface area contributed by atoms with Crippen molar-refractivity contribution in [2.45, 2.75) is 13.0 Å². The minimum Gasteiger partial charge on any atom is -0.507 e. The second-order valence-corrected chi connectivity index (χ2v) is 4.26. The highest BCUT2D eigenvalue weighted by Crippen LogP contribution is 2.27. The summed E-state index contributed by atoms with van der Waals surface area (Å²) in [5, 5.41) is 10.5. The van der Waals surface area contributed by atoms with E-state index < -0.39 is 0 Å². The molecule has 0 aliphatic carbocycles. The van der Waals surface area contributed by atoms with Crippen LogP contribution >= 0.6 is 11.8 Å². The Kier molecular flexibility index (Phi) is 4.85. The smallest absolute Gasteiger partial charge is 0.204 e. The number of primary amides is 1. The maximum absolute atomic E-state index is 9.56. The van der Waals surface area contributed by atoms with E-state index in [2.05, 4.69) is 17.6 Å². The number of carbonyl (C=O) groups is 1. The molecule has 86 valence electrons. The molecule has 1 aromatic carbocycles. The number of phenols is 1. The van der Waals surface area contributed by atoms with E-state index in [4.69, 9.17) is 4.79 Å². The van der Waals surface area contributed by atoms with Gasteiger partial charge < -0.3 is 10.8 Å². The van der Waals surface area contributed by atoms with E-state index in [1.165, 1.54) is 0 Å². The fraction of sp³-hybridized carbons (Fsp3) is 0.273. The van der Waals surface area contributed by atoms with Crippen LogP contribution in [0.4, 0.5) is 0 Å². The molecule has 3 N–H and O–H groups in total. The van der Waals surface area contributed by atoms with Gasteiger partial charge in [0.25, 0.3) is 0 Å². The van der Waals surface area contributed by atoms with Gasteiger partial charge in [-0.2, -0.15) is 0 Å². The number of benzene rings is 1. The summed E-state index contributed by atoms with van der Waals surface area (Å²) < 4.78 is 0. The van der Waals surface area contributed by atoms with Crippen molar-refractivity contribution in [2.24, 2.45) is 10.7 Å². The first-order chi connectivity index (χ1) is 7.69. The molecule has 1 atom stereocenters. The number of aromatic hydroxyl groups is 1. The van der Waals surface area contributed by atoms with Crippen molar-refractivity contribution in [1.82, 2.24) is 0 Å². The number of nitrogens with two attached hydrogens (primary N) is 1. The molecule has 1 amide bonds. The van der Waals surface area contributed by atoms with E-state index in [1.807, 2.05) is 18.2 Å². The van der Waals surface area contributed by atoms with Crippen molar-refractivity contribution in [3.05, 3.63) is 29.8 Å². The average Bonchev–Trinajstić information content (AvgIpc) is 2.67. The predicted octanol–water partition coefficient (Wildman–Crippen LogP) is 1.38. The number of hydrogen-bond donors (Lipinski definition) is 2. The van der Waals surface area contributed by atoms with E-state index in [0.29, 0.717) is 11.8 Å². The summed E-state index contributed by atoms with van der Waals surface area (Å²) in [6.45, 7) is 2.08. The first-order valence-electron chi connectivity index (χ1n) is 4.83. The molecule has 1 aromatic rings. The first-order valence-corrected chi connectivity index (χ1v) is 5.82. The Hall–Kier alpha value is -1.49. The lowest BCUT2D eigenvalue weighted by Gasteiger charge is -2.01. The third kappa shape index (κ3) is 3.27. The molecule has 1 aliphatic heterocycles. The number of thioether (sulfide) groups is 1. The fourth-order valence-corrected chi connectivity index (χ4v) is 2.33. The Morgan fingerprint density at radius 1 is 1.56 bits per heavy atom. The standard InChI is InChI=1S/C10H11NOS.CH3NO/c1-7-6-13-10(11-7)8-4-2-3-5-9(8)12;2-1-3/h2-5,7,12H,6H2,1H3;1H,(H2,2,3). The number of rotatable bonds is 1. The lowest BCUT2D eigenvalue weighted by Crippen LogP contribution is -1.93. The summed E-state index contributed by atoms with van der Waals surface area (Å²) in [6, 6.07) is 7.71. The van der Waals surface area contributed by atoms with Crippen LogP contribution in [0.25, 0.3) is 0 Å². The molecular formula is C11H14N2O2S. The Labute approximate surface area is 98.6 Å². The van der Waals surface area contributed by atoms with Crippen LogP contribution in [-0.2, 0) is 4.79 Å². The van der Waals surface area contributed by atoms with E-state index in [1.54, 1.807) is 17.8 Å². The lowest BCUT2D eigenvalue weighted by molar-refractivity contribution is -0.106. The summed E-state index contributed by atoms with van der Waals surface area (Å²) in [5.74, 6) is 1.34. The zero-order chi connectivity index (χ0) is 12.0. The lowest BCUT2D eigenvalue weighted by atomic mass is 10.2. The molecule has 0 radical (unpaired) electrons. The molecule has 0 fully saturated rings. The van der Waals surface area contributed by atoms with Crippen molar-refractivity contribution in [3.8, 4) is 5.75 Å². The molecule has 16 heavy (non-hydrogen) atoms. The van der Waals surface area contributed by atoms with Gasteiger partial charge in [-0.1, -0.05) is 12.1 Å². The molecule has 4 nitrogen and oxygen atoms in total. The van der Waals surface area contributed by atoms with E-state index in [0.717, 1.165) is 16.4 Å². The van der Waals surface area contributed by atoms with Crippen LogP contribution in [0, 0.1) is 0 Å². The van der Waals surface area contributed by atoms with Crippen molar-refractivity contribution in [1.29, 1.82) is 0 Å². The van der Waals surface area contributed by atoms with E-state index in [9.17, 15) is 5.11 Å². The highest BCUT2D eigenvalue weighted by molar-refractivity contribution is 8.14. The van der Waals surface area contributed by atoms with Crippen LogP contribution in [0.3, 0.4) is 0 Å². The zero-order valence-electron chi connectivity index (χ0n) is 8.96. The number of nitrogens with zero attached hydrogens (tertiary/aromatic N) is 1. The van der Waals surface area contributed by atoms with Crippen molar-refractivity contribution < 1.29 is 9.90 Å². The van der Waals surface area contributed by atoms with Crippen molar-refractivity contribution in [2.75, 3.05) is 5.75 Å². The van der Waals surface area contributed by atoms with Crippen molar-refractivity contribution >= 4 is 23.2 Å². The number of hydrogen-bond acceptors (Lipinski definition) is 4. The number of carbonyl (C=O) groups excluding carboxylic acids is 1. The number of amides is 1. The molecule has 1 heterocycles. The van der Waals surface area contributed by atoms with Crippen molar-refractivity contribution in [3.63, 3.8) is 0 Å². The van der Waals surface area contributed by atoms with Crippen LogP contribution in [-0.4, -0.2) is 28.4 Å². The van der Waals surface area contributed by atoms with E-state index in [-0.39, 0.29) is 6.41 Å². The number of para-hydroxylation sites is 1. The van der Waals surface area contributed by atoms with Gasteiger partial charge in [0.1, 0.15) is 10.8 Å². The highest BCUT2D eigenvalue weighted by atomic mass is 32.2. The number of aliphatic imine (C=N–C) groups is 1. The highest BCUT2D eigenvalue weighted by Gasteiger charge is 2.17. The van der Waals surface area contributed by atoms with Crippen LogP contribution in [0.1, 0.15) is 12.5 Å². The van der Waals surface area contributed by atoms with Crippen LogP contribution in [0.15, 0.2) is 29.3 Å². The Balaban J connectivity index is 0.000000386. The zero-order valence-corrected chi connectivity index (χ0v) is 9.78. The number of phenolic OH excluding ortho intramolecular Hbond substituents is 1. The average molecular weight is 238 g/mol. The largest absolute Gasteiger partial charge is 0.507 e. The van der Waals surface area contributed by atoms with Gasteiger partial charge in [-0.15, -0.1) is 11.8 Å². The quantitative estimate of drug-likeness (QED) is 0.726. The molecule has 1 aliphatic rings. The Bertz CT molecular complexity index is 393. The van der Waals surface area contributed by atoms with Gasteiger partial charge in [0.2, 0.25) is 6.41 Å². The second kappa shape index (κ2) is 6.17. The maximum Gasteiger partial charge on any atom is 0.204 e. The fourth-order valence-electron chi connectivity index (χ4n) is 1.28. The minimum absolute atomic E-state index is 0.250. The Morgan fingerprint density at radius 3 is 2.69 bits per heavy atom. The molecule has 0 bridgehead atoms. The van der Waals surface area contributed by atoms with Gasteiger partial charge in [-0.25, -0.2) is 0 Å².